The third-order valence-electron chi connectivity index (χ3n) is 4.70. The normalized spacial score (nSPS) is 27.1. The van der Waals surface area contributed by atoms with Gasteiger partial charge in [-0.25, -0.2) is 0 Å². The second kappa shape index (κ2) is 7.58. The molecular weight excluding hydrogens is 264 g/mol. The molecule has 1 heterocycles. The minimum atomic E-state index is 0.495. The Kier molecular flexibility index (Phi) is 6.06. The molecule has 0 aromatic carbocycles. The summed E-state index contributed by atoms with van der Waals surface area (Å²) in [5.41, 5.74) is 0.495. The first-order chi connectivity index (χ1) is 9.63. The van der Waals surface area contributed by atoms with Crippen LogP contribution < -0.4 is 5.32 Å². The summed E-state index contributed by atoms with van der Waals surface area (Å²) in [4.78, 5) is 4.01. The Hall–Kier alpha value is -0.380. The van der Waals surface area contributed by atoms with E-state index in [4.69, 9.17) is 0 Å². The van der Waals surface area contributed by atoms with E-state index in [0.717, 1.165) is 19.0 Å². The van der Waals surface area contributed by atoms with E-state index in [-0.39, 0.29) is 0 Å². The third-order valence-corrected chi connectivity index (χ3v) is 5.56. The standard InChI is InChI=1S/C17H30N2S/c1-4-18-13-17(9-7-15(2)8-10-17)14-19(3)12-16-6-5-11-20-16/h5-6,11,15,18H,4,7-10,12-14H2,1-3H3. The molecule has 1 aromatic rings. The number of rotatable bonds is 7. The maximum absolute atomic E-state index is 3.61. The summed E-state index contributed by atoms with van der Waals surface area (Å²) in [6, 6.07) is 4.41. The van der Waals surface area contributed by atoms with Crippen molar-refractivity contribution in [2.45, 2.75) is 46.1 Å². The molecule has 0 unspecified atom stereocenters. The highest BCUT2D eigenvalue weighted by Gasteiger charge is 2.34. The predicted octanol–water partition coefficient (Wildman–Crippen LogP) is 3.99. The van der Waals surface area contributed by atoms with Gasteiger partial charge >= 0.3 is 0 Å². The van der Waals surface area contributed by atoms with E-state index in [9.17, 15) is 0 Å². The lowest BCUT2D eigenvalue weighted by molar-refractivity contribution is 0.0968. The van der Waals surface area contributed by atoms with Gasteiger partial charge in [0.1, 0.15) is 0 Å². The highest BCUT2D eigenvalue weighted by Crippen LogP contribution is 2.39. The topological polar surface area (TPSA) is 15.3 Å². The zero-order valence-corrected chi connectivity index (χ0v) is 14.1. The minimum absolute atomic E-state index is 0.495. The van der Waals surface area contributed by atoms with Gasteiger partial charge in [0.2, 0.25) is 0 Å². The summed E-state index contributed by atoms with van der Waals surface area (Å²) >= 11 is 1.87. The molecule has 3 heteroatoms. The van der Waals surface area contributed by atoms with Gasteiger partial charge < -0.3 is 10.2 Å². The van der Waals surface area contributed by atoms with E-state index in [1.807, 2.05) is 11.3 Å². The van der Waals surface area contributed by atoms with Gasteiger partial charge in [0.15, 0.2) is 0 Å². The SMILES string of the molecule is CCNCC1(CN(C)Cc2cccs2)CCC(C)CC1. The van der Waals surface area contributed by atoms with Crippen LogP contribution in [0.2, 0.25) is 0 Å². The van der Waals surface area contributed by atoms with Crippen LogP contribution >= 0.6 is 11.3 Å². The lowest BCUT2D eigenvalue weighted by Crippen LogP contribution is -2.45. The van der Waals surface area contributed by atoms with Crippen molar-refractivity contribution in [2.24, 2.45) is 11.3 Å². The van der Waals surface area contributed by atoms with Crippen molar-refractivity contribution < 1.29 is 0 Å². The van der Waals surface area contributed by atoms with Gasteiger partial charge in [-0.2, -0.15) is 0 Å². The molecule has 114 valence electrons. The van der Waals surface area contributed by atoms with Gasteiger partial charge in [-0.3, -0.25) is 0 Å². The molecule has 20 heavy (non-hydrogen) atoms. The van der Waals surface area contributed by atoms with Crippen LogP contribution in [0.25, 0.3) is 0 Å². The van der Waals surface area contributed by atoms with Crippen molar-refractivity contribution in [3.8, 4) is 0 Å². The van der Waals surface area contributed by atoms with Crippen molar-refractivity contribution in [3.05, 3.63) is 22.4 Å². The molecule has 1 aromatic heterocycles. The molecule has 0 saturated heterocycles. The second-order valence-electron chi connectivity index (χ2n) is 6.71. The van der Waals surface area contributed by atoms with Gasteiger partial charge in [0.05, 0.1) is 0 Å². The van der Waals surface area contributed by atoms with Gasteiger partial charge in [-0.1, -0.05) is 32.8 Å². The quantitative estimate of drug-likeness (QED) is 0.818. The fourth-order valence-electron chi connectivity index (χ4n) is 3.45. The Morgan fingerprint density at radius 3 is 2.75 bits per heavy atom. The molecular formula is C17H30N2S. The summed E-state index contributed by atoms with van der Waals surface area (Å²) < 4.78 is 0. The van der Waals surface area contributed by atoms with Gasteiger partial charge in [0.25, 0.3) is 0 Å². The van der Waals surface area contributed by atoms with Crippen LogP contribution in [-0.2, 0) is 6.54 Å². The maximum Gasteiger partial charge on any atom is 0.0325 e. The average Bonchev–Trinajstić information content (AvgIpc) is 2.92. The van der Waals surface area contributed by atoms with E-state index in [2.05, 4.69) is 48.6 Å². The maximum atomic E-state index is 3.61. The fourth-order valence-corrected chi connectivity index (χ4v) is 4.24. The van der Waals surface area contributed by atoms with Crippen LogP contribution in [0, 0.1) is 11.3 Å². The van der Waals surface area contributed by atoms with E-state index >= 15 is 0 Å². The Morgan fingerprint density at radius 1 is 1.40 bits per heavy atom. The van der Waals surface area contributed by atoms with Crippen molar-refractivity contribution in [1.29, 1.82) is 0 Å². The molecule has 1 aliphatic carbocycles. The highest BCUT2D eigenvalue weighted by atomic mass is 32.1. The van der Waals surface area contributed by atoms with Crippen LogP contribution in [0.1, 0.15) is 44.4 Å². The molecule has 0 amide bonds. The Balaban J connectivity index is 1.92. The fraction of sp³-hybridized carbons (Fsp3) is 0.765. The highest BCUT2D eigenvalue weighted by molar-refractivity contribution is 7.09. The molecule has 1 aliphatic rings. The Morgan fingerprint density at radius 2 is 2.15 bits per heavy atom. The van der Waals surface area contributed by atoms with Crippen LogP contribution in [-0.4, -0.2) is 31.6 Å². The molecule has 1 fully saturated rings. The Labute approximate surface area is 128 Å². The number of thiophene rings is 1. The predicted molar refractivity (Wildman–Crippen MR) is 89.3 cm³/mol. The molecule has 0 bridgehead atoms. The lowest BCUT2D eigenvalue weighted by atomic mass is 9.70. The summed E-state index contributed by atoms with van der Waals surface area (Å²) in [6.45, 7) is 9.23. The van der Waals surface area contributed by atoms with E-state index in [1.165, 1.54) is 43.6 Å². The molecule has 0 aliphatic heterocycles. The monoisotopic (exact) mass is 294 g/mol. The smallest absolute Gasteiger partial charge is 0.0325 e. The zero-order valence-electron chi connectivity index (χ0n) is 13.3. The molecule has 0 radical (unpaired) electrons. The van der Waals surface area contributed by atoms with E-state index < -0.39 is 0 Å². The molecule has 2 rings (SSSR count). The van der Waals surface area contributed by atoms with Crippen LogP contribution in [0.3, 0.4) is 0 Å². The lowest BCUT2D eigenvalue weighted by Gasteiger charge is -2.42. The molecule has 0 atom stereocenters. The van der Waals surface area contributed by atoms with Crippen molar-refractivity contribution in [1.82, 2.24) is 10.2 Å². The van der Waals surface area contributed by atoms with E-state index in [0.29, 0.717) is 5.41 Å². The first-order valence-electron chi connectivity index (χ1n) is 8.05. The largest absolute Gasteiger partial charge is 0.316 e. The van der Waals surface area contributed by atoms with Gasteiger partial charge in [-0.05, 0) is 49.2 Å². The number of hydrogen-bond acceptors (Lipinski definition) is 3. The van der Waals surface area contributed by atoms with Crippen LogP contribution in [0.4, 0.5) is 0 Å². The van der Waals surface area contributed by atoms with Crippen molar-refractivity contribution in [2.75, 3.05) is 26.7 Å². The number of hydrogen-bond donors (Lipinski definition) is 1. The molecule has 1 N–H and O–H groups in total. The summed E-state index contributed by atoms with van der Waals surface area (Å²) in [5, 5.41) is 5.79. The number of nitrogens with zero attached hydrogens (tertiary/aromatic N) is 1. The molecule has 0 spiro atoms. The second-order valence-corrected chi connectivity index (χ2v) is 7.75. The third kappa shape index (κ3) is 4.57. The summed E-state index contributed by atoms with van der Waals surface area (Å²) in [6.07, 6.45) is 5.57. The van der Waals surface area contributed by atoms with E-state index in [1.54, 1.807) is 0 Å². The average molecular weight is 295 g/mol. The van der Waals surface area contributed by atoms with Crippen molar-refractivity contribution in [3.63, 3.8) is 0 Å². The molecule has 1 saturated carbocycles. The van der Waals surface area contributed by atoms with Gasteiger partial charge in [-0.15, -0.1) is 11.3 Å². The minimum Gasteiger partial charge on any atom is -0.316 e. The summed E-state index contributed by atoms with van der Waals surface area (Å²) in [5.74, 6) is 0.923. The van der Waals surface area contributed by atoms with Crippen LogP contribution in [0.5, 0.6) is 0 Å². The molecule has 2 nitrogen and oxygen atoms in total. The van der Waals surface area contributed by atoms with Crippen LogP contribution in [0.15, 0.2) is 17.5 Å². The number of nitrogens with one attached hydrogen (secondary N) is 1. The Bertz CT molecular complexity index is 361. The first-order valence-corrected chi connectivity index (χ1v) is 8.93. The van der Waals surface area contributed by atoms with Gasteiger partial charge in [0, 0.05) is 24.5 Å². The zero-order chi connectivity index (χ0) is 14.4. The summed E-state index contributed by atoms with van der Waals surface area (Å²) in [7, 11) is 2.28. The first kappa shape index (κ1) is 16.0. The van der Waals surface area contributed by atoms with Crippen molar-refractivity contribution >= 4 is 11.3 Å².